The summed E-state index contributed by atoms with van der Waals surface area (Å²) in [6.45, 7) is 9.82. The van der Waals surface area contributed by atoms with E-state index in [1.165, 1.54) is 6.07 Å². The fourth-order valence-corrected chi connectivity index (χ4v) is 2.74. The summed E-state index contributed by atoms with van der Waals surface area (Å²) < 4.78 is 13.3. The summed E-state index contributed by atoms with van der Waals surface area (Å²) in [5, 5.41) is 4.15. The van der Waals surface area contributed by atoms with Crippen LogP contribution in [0, 0.1) is 11.2 Å². The van der Waals surface area contributed by atoms with Crippen LogP contribution >= 0.6 is 11.6 Å². The minimum Gasteiger partial charge on any atom is -0.314 e. The maximum Gasteiger partial charge on any atom is 0.123 e. The van der Waals surface area contributed by atoms with E-state index >= 15 is 0 Å². The van der Waals surface area contributed by atoms with Crippen LogP contribution in [0.1, 0.15) is 46.1 Å². The highest BCUT2D eigenvalue weighted by Crippen LogP contribution is 2.30. The SMILES string of the molecule is CCCNC(C)CC(C)(C)Cc1cc(F)ccc1Cl. The van der Waals surface area contributed by atoms with Gasteiger partial charge in [-0.3, -0.25) is 0 Å². The third-order valence-corrected chi connectivity index (χ3v) is 3.65. The topological polar surface area (TPSA) is 12.0 Å². The Morgan fingerprint density at radius 3 is 2.68 bits per heavy atom. The molecule has 0 radical (unpaired) electrons. The maximum absolute atomic E-state index is 13.3. The first-order valence-electron chi connectivity index (χ1n) is 7.01. The van der Waals surface area contributed by atoms with Gasteiger partial charge in [0.2, 0.25) is 0 Å². The first-order chi connectivity index (χ1) is 8.84. The van der Waals surface area contributed by atoms with Gasteiger partial charge in [0.1, 0.15) is 5.82 Å². The largest absolute Gasteiger partial charge is 0.314 e. The number of hydrogen-bond acceptors (Lipinski definition) is 1. The second-order valence-corrected chi connectivity index (χ2v) is 6.54. The highest BCUT2D eigenvalue weighted by molar-refractivity contribution is 6.31. The molecule has 1 N–H and O–H groups in total. The molecule has 0 aliphatic rings. The Hall–Kier alpha value is -0.600. The second kappa shape index (κ2) is 7.25. The number of rotatable bonds is 7. The van der Waals surface area contributed by atoms with E-state index in [9.17, 15) is 4.39 Å². The Kier molecular flexibility index (Phi) is 6.28. The fraction of sp³-hybridized carbons (Fsp3) is 0.625. The van der Waals surface area contributed by atoms with Crippen LogP contribution in [0.3, 0.4) is 0 Å². The Bertz CT molecular complexity index is 404. The van der Waals surface area contributed by atoms with Crippen LogP contribution < -0.4 is 5.32 Å². The monoisotopic (exact) mass is 285 g/mol. The number of nitrogens with one attached hydrogen (secondary N) is 1. The van der Waals surface area contributed by atoms with Crippen molar-refractivity contribution in [3.8, 4) is 0 Å². The van der Waals surface area contributed by atoms with Crippen molar-refractivity contribution in [3.63, 3.8) is 0 Å². The van der Waals surface area contributed by atoms with E-state index in [-0.39, 0.29) is 11.2 Å². The van der Waals surface area contributed by atoms with Crippen LogP contribution in [0.25, 0.3) is 0 Å². The van der Waals surface area contributed by atoms with Crippen molar-refractivity contribution in [3.05, 3.63) is 34.6 Å². The number of hydrogen-bond donors (Lipinski definition) is 1. The van der Waals surface area contributed by atoms with E-state index in [0.717, 1.165) is 31.4 Å². The Morgan fingerprint density at radius 2 is 2.05 bits per heavy atom. The van der Waals surface area contributed by atoms with Crippen LogP contribution in [0.4, 0.5) is 4.39 Å². The molecule has 3 heteroatoms. The molecule has 19 heavy (non-hydrogen) atoms. The molecule has 1 aromatic carbocycles. The lowest BCUT2D eigenvalue weighted by molar-refractivity contribution is 0.287. The first-order valence-corrected chi connectivity index (χ1v) is 7.39. The predicted octanol–water partition coefficient (Wildman–Crippen LogP) is 4.83. The standard InChI is InChI=1S/C16H25ClFN/c1-5-8-19-12(2)10-16(3,4)11-13-9-14(18)6-7-15(13)17/h6-7,9,12,19H,5,8,10-11H2,1-4H3. The molecule has 0 fully saturated rings. The first kappa shape index (κ1) is 16.5. The van der Waals surface area contributed by atoms with Gasteiger partial charge in [-0.2, -0.15) is 0 Å². The zero-order chi connectivity index (χ0) is 14.5. The van der Waals surface area contributed by atoms with Crippen LogP contribution in [-0.2, 0) is 6.42 Å². The minimum absolute atomic E-state index is 0.0948. The molecule has 0 aromatic heterocycles. The molecule has 0 saturated heterocycles. The van der Waals surface area contributed by atoms with Gasteiger partial charge in [0.15, 0.2) is 0 Å². The molecule has 0 aliphatic carbocycles. The van der Waals surface area contributed by atoms with E-state index in [0.29, 0.717) is 11.1 Å². The Morgan fingerprint density at radius 1 is 1.37 bits per heavy atom. The van der Waals surface area contributed by atoms with Crippen molar-refractivity contribution in [2.75, 3.05) is 6.54 Å². The summed E-state index contributed by atoms with van der Waals surface area (Å²) >= 11 is 6.14. The molecule has 1 rings (SSSR count). The second-order valence-electron chi connectivity index (χ2n) is 6.14. The number of benzene rings is 1. The van der Waals surface area contributed by atoms with Gasteiger partial charge in [-0.05, 0) is 61.9 Å². The minimum atomic E-state index is -0.215. The summed E-state index contributed by atoms with van der Waals surface area (Å²) in [7, 11) is 0. The van der Waals surface area contributed by atoms with Gasteiger partial charge in [-0.25, -0.2) is 4.39 Å². The molecule has 1 aromatic rings. The predicted molar refractivity (Wildman–Crippen MR) is 81.3 cm³/mol. The highest BCUT2D eigenvalue weighted by Gasteiger charge is 2.22. The van der Waals surface area contributed by atoms with Crippen molar-refractivity contribution in [2.24, 2.45) is 5.41 Å². The zero-order valence-corrected chi connectivity index (χ0v) is 13.1. The van der Waals surface area contributed by atoms with Crippen molar-refractivity contribution in [1.82, 2.24) is 5.32 Å². The van der Waals surface area contributed by atoms with Crippen molar-refractivity contribution < 1.29 is 4.39 Å². The molecule has 0 bridgehead atoms. The van der Waals surface area contributed by atoms with Gasteiger partial charge in [0, 0.05) is 11.1 Å². The van der Waals surface area contributed by atoms with E-state index in [4.69, 9.17) is 11.6 Å². The van der Waals surface area contributed by atoms with Gasteiger partial charge < -0.3 is 5.32 Å². The van der Waals surface area contributed by atoms with Crippen LogP contribution in [0.2, 0.25) is 5.02 Å². The van der Waals surface area contributed by atoms with E-state index in [1.807, 2.05) is 0 Å². The normalized spacial score (nSPS) is 13.6. The van der Waals surface area contributed by atoms with Crippen molar-refractivity contribution in [1.29, 1.82) is 0 Å². The van der Waals surface area contributed by atoms with Gasteiger partial charge >= 0.3 is 0 Å². The van der Waals surface area contributed by atoms with Gasteiger partial charge in [-0.1, -0.05) is 32.4 Å². The smallest absolute Gasteiger partial charge is 0.123 e. The van der Waals surface area contributed by atoms with E-state index < -0.39 is 0 Å². The summed E-state index contributed by atoms with van der Waals surface area (Å²) in [5.41, 5.74) is 0.992. The molecule has 0 spiro atoms. The summed E-state index contributed by atoms with van der Waals surface area (Å²) in [5.74, 6) is -0.215. The third-order valence-electron chi connectivity index (χ3n) is 3.28. The molecule has 0 aliphatic heterocycles. The van der Waals surface area contributed by atoms with Crippen LogP contribution in [0.15, 0.2) is 18.2 Å². The van der Waals surface area contributed by atoms with Gasteiger partial charge in [0.05, 0.1) is 0 Å². The third kappa shape index (κ3) is 5.92. The molecule has 0 amide bonds. The van der Waals surface area contributed by atoms with E-state index in [2.05, 4.69) is 33.0 Å². The summed E-state index contributed by atoms with van der Waals surface area (Å²) in [6.07, 6.45) is 2.97. The Balaban J connectivity index is 2.65. The zero-order valence-electron chi connectivity index (χ0n) is 12.4. The molecule has 1 atom stereocenters. The van der Waals surface area contributed by atoms with Crippen LogP contribution in [0.5, 0.6) is 0 Å². The average Bonchev–Trinajstić information content (AvgIpc) is 2.30. The molecule has 1 unspecified atom stereocenters. The number of halogens is 2. The van der Waals surface area contributed by atoms with Gasteiger partial charge in [-0.15, -0.1) is 0 Å². The molecule has 1 nitrogen and oxygen atoms in total. The Labute approximate surface area is 121 Å². The van der Waals surface area contributed by atoms with E-state index in [1.54, 1.807) is 12.1 Å². The summed E-state index contributed by atoms with van der Waals surface area (Å²) in [4.78, 5) is 0. The van der Waals surface area contributed by atoms with Gasteiger partial charge in [0.25, 0.3) is 0 Å². The molecule has 0 heterocycles. The fourth-order valence-electron chi connectivity index (χ4n) is 2.56. The van der Waals surface area contributed by atoms with Crippen molar-refractivity contribution in [2.45, 2.75) is 53.0 Å². The van der Waals surface area contributed by atoms with Crippen LogP contribution in [-0.4, -0.2) is 12.6 Å². The quantitative estimate of drug-likeness (QED) is 0.757. The molecule has 0 saturated carbocycles. The lowest BCUT2D eigenvalue weighted by Gasteiger charge is -2.29. The highest BCUT2D eigenvalue weighted by atomic mass is 35.5. The lowest BCUT2D eigenvalue weighted by atomic mass is 9.80. The lowest BCUT2D eigenvalue weighted by Crippen LogP contribution is -2.32. The molecular formula is C16H25ClFN. The average molecular weight is 286 g/mol. The van der Waals surface area contributed by atoms with Crippen molar-refractivity contribution >= 4 is 11.6 Å². The molecular weight excluding hydrogens is 261 g/mol. The summed E-state index contributed by atoms with van der Waals surface area (Å²) in [6, 6.07) is 5.06. The molecule has 108 valence electrons. The maximum atomic E-state index is 13.3.